The van der Waals surface area contributed by atoms with Crippen molar-refractivity contribution >= 4 is 28.0 Å². The summed E-state index contributed by atoms with van der Waals surface area (Å²) in [4.78, 5) is 35.0. The molecule has 1 amide bonds. The predicted molar refractivity (Wildman–Crippen MR) is 172 cm³/mol. The van der Waals surface area contributed by atoms with Gasteiger partial charge >= 0.3 is 12.1 Å². The molecule has 1 aromatic heterocycles. The Hall–Kier alpha value is -4.97. The Morgan fingerprint density at radius 1 is 0.957 bits per heavy atom. The molecule has 240 valence electrons. The number of aryl methyl sites for hydroxylation is 2. The van der Waals surface area contributed by atoms with E-state index in [0.29, 0.717) is 18.7 Å². The minimum Gasteiger partial charge on any atom is -0.478 e. The molecular weight excluding hydrogens is 608 g/mol. The lowest BCUT2D eigenvalue weighted by atomic mass is 10.00. The number of carboxylic acid groups (broad SMARTS) is 1. The molecule has 1 atom stereocenters. The molecule has 1 aliphatic heterocycles. The molecule has 2 N–H and O–H groups in total. The second-order valence-electron chi connectivity index (χ2n) is 12.1. The van der Waals surface area contributed by atoms with Gasteiger partial charge in [0.1, 0.15) is 11.7 Å². The molecule has 11 nitrogen and oxygen atoms in total. The van der Waals surface area contributed by atoms with Crippen LogP contribution in [-0.4, -0.2) is 59.1 Å². The number of carbonyl (C=O) groups excluding carboxylic acids is 1. The third kappa shape index (κ3) is 7.45. The maximum atomic E-state index is 13.4. The van der Waals surface area contributed by atoms with Crippen LogP contribution in [-0.2, 0) is 21.2 Å². The number of anilines is 1. The van der Waals surface area contributed by atoms with Crippen molar-refractivity contribution in [1.29, 1.82) is 0 Å². The molecule has 5 rings (SSSR count). The van der Waals surface area contributed by atoms with Crippen LogP contribution in [0.5, 0.6) is 5.88 Å². The summed E-state index contributed by atoms with van der Waals surface area (Å²) in [6.45, 7) is 9.85. The highest BCUT2D eigenvalue weighted by Gasteiger charge is 2.31. The van der Waals surface area contributed by atoms with E-state index in [0.717, 1.165) is 33.9 Å². The molecule has 1 unspecified atom stereocenters. The Balaban J connectivity index is 1.57. The first-order valence-corrected chi connectivity index (χ1v) is 16.2. The van der Waals surface area contributed by atoms with E-state index < -0.39 is 33.8 Å². The summed E-state index contributed by atoms with van der Waals surface area (Å²) >= 11 is 0. The lowest BCUT2D eigenvalue weighted by molar-refractivity contribution is 0.0179. The lowest BCUT2D eigenvalue weighted by Crippen LogP contribution is -2.40. The van der Waals surface area contributed by atoms with E-state index in [-0.39, 0.29) is 28.8 Å². The minimum atomic E-state index is -4.29. The molecule has 12 heteroatoms. The van der Waals surface area contributed by atoms with Gasteiger partial charge in [0.05, 0.1) is 22.7 Å². The third-order valence-electron chi connectivity index (χ3n) is 7.41. The highest BCUT2D eigenvalue weighted by atomic mass is 32.2. The molecule has 0 aliphatic carbocycles. The summed E-state index contributed by atoms with van der Waals surface area (Å²) < 4.78 is 41.4. The first kappa shape index (κ1) is 32.4. The van der Waals surface area contributed by atoms with Crippen molar-refractivity contribution in [2.75, 3.05) is 17.8 Å². The van der Waals surface area contributed by atoms with Gasteiger partial charge in [-0.05, 0) is 81.5 Å². The zero-order chi connectivity index (χ0) is 33.2. The van der Waals surface area contributed by atoms with Crippen molar-refractivity contribution in [2.24, 2.45) is 0 Å². The summed E-state index contributed by atoms with van der Waals surface area (Å²) in [6, 6.07) is 20.1. The number of amides is 1. The Labute approximate surface area is 268 Å². The van der Waals surface area contributed by atoms with Crippen LogP contribution in [0.1, 0.15) is 59.5 Å². The fourth-order valence-electron chi connectivity index (χ4n) is 5.31. The zero-order valence-corrected chi connectivity index (χ0v) is 27.1. The highest BCUT2D eigenvalue weighted by molar-refractivity contribution is 7.92. The monoisotopic (exact) mass is 644 g/mol. The molecule has 0 saturated carbocycles. The second kappa shape index (κ2) is 12.8. The molecule has 3 aromatic carbocycles. The van der Waals surface area contributed by atoms with E-state index in [2.05, 4.69) is 14.7 Å². The second-order valence-corrected chi connectivity index (χ2v) is 13.8. The maximum absolute atomic E-state index is 13.4. The van der Waals surface area contributed by atoms with Crippen LogP contribution in [0.4, 0.5) is 10.7 Å². The van der Waals surface area contributed by atoms with Gasteiger partial charge in [-0.15, -0.1) is 0 Å². The predicted octanol–water partition coefficient (Wildman–Crippen LogP) is 6.17. The van der Waals surface area contributed by atoms with E-state index in [9.17, 15) is 23.1 Å². The van der Waals surface area contributed by atoms with E-state index >= 15 is 0 Å². The molecule has 0 bridgehead atoms. The molecule has 0 radical (unpaired) electrons. The summed E-state index contributed by atoms with van der Waals surface area (Å²) in [6.07, 6.45) is -0.541. The van der Waals surface area contributed by atoms with Crippen molar-refractivity contribution in [2.45, 2.75) is 57.6 Å². The number of ether oxygens (including phenoxy) is 2. The number of aromatic nitrogens is 2. The topological polar surface area (TPSA) is 148 Å². The summed E-state index contributed by atoms with van der Waals surface area (Å²) in [7, 11) is -4.29. The number of benzene rings is 3. The average molecular weight is 645 g/mol. The summed E-state index contributed by atoms with van der Waals surface area (Å²) in [5.41, 5.74) is 4.01. The number of aromatic carboxylic acids is 1. The Morgan fingerprint density at radius 3 is 2.35 bits per heavy atom. The Morgan fingerprint density at radius 2 is 1.65 bits per heavy atom. The van der Waals surface area contributed by atoms with E-state index in [1.165, 1.54) is 18.2 Å². The number of carboxylic acids is 1. The van der Waals surface area contributed by atoms with Crippen LogP contribution in [0.3, 0.4) is 0 Å². The molecule has 0 saturated heterocycles. The number of carbonyl (C=O) groups is 2. The Bertz CT molecular complexity index is 1880. The van der Waals surface area contributed by atoms with Crippen LogP contribution in [0.25, 0.3) is 11.3 Å². The molecule has 0 spiro atoms. The number of nitrogens with zero attached hydrogens (tertiary/aromatic N) is 3. The molecule has 2 heterocycles. The van der Waals surface area contributed by atoms with Gasteiger partial charge < -0.3 is 19.5 Å². The average Bonchev–Trinajstić information content (AvgIpc) is 3.16. The molecule has 1 aliphatic rings. The van der Waals surface area contributed by atoms with Gasteiger partial charge in [0, 0.05) is 18.2 Å². The van der Waals surface area contributed by atoms with E-state index in [1.807, 2.05) is 77.1 Å². The number of nitrogens with one attached hydrogen (secondary N) is 1. The van der Waals surface area contributed by atoms with E-state index in [4.69, 9.17) is 9.47 Å². The summed E-state index contributed by atoms with van der Waals surface area (Å²) in [5.74, 6) is -1.44. The fourth-order valence-corrected chi connectivity index (χ4v) is 6.30. The van der Waals surface area contributed by atoms with E-state index in [1.54, 1.807) is 11.0 Å². The van der Waals surface area contributed by atoms with Gasteiger partial charge in [-0.2, -0.15) is 4.98 Å². The molecule has 4 aromatic rings. The first-order valence-electron chi connectivity index (χ1n) is 14.7. The minimum absolute atomic E-state index is 0.0791. The molecule has 0 fully saturated rings. The molecule has 46 heavy (non-hydrogen) atoms. The van der Waals surface area contributed by atoms with Crippen molar-refractivity contribution < 1.29 is 32.6 Å². The lowest BCUT2D eigenvalue weighted by Gasteiger charge is -2.28. The van der Waals surface area contributed by atoms with Crippen LogP contribution < -0.4 is 9.46 Å². The number of rotatable bonds is 7. The number of sulfonamides is 1. The van der Waals surface area contributed by atoms with Gasteiger partial charge in [0.15, 0.2) is 0 Å². The van der Waals surface area contributed by atoms with Crippen molar-refractivity contribution in [3.63, 3.8) is 0 Å². The fraction of sp³-hybridized carbons (Fsp3) is 0.294. The van der Waals surface area contributed by atoms with Gasteiger partial charge in [0.2, 0.25) is 11.8 Å². The molecular formula is C34H36N4O7S. The van der Waals surface area contributed by atoms with Gasteiger partial charge in [-0.1, -0.05) is 48.5 Å². The quantitative estimate of drug-likeness (QED) is 0.241. The van der Waals surface area contributed by atoms with Crippen molar-refractivity contribution in [3.05, 3.63) is 101 Å². The number of hydrogen-bond donors (Lipinski definition) is 2. The highest BCUT2D eigenvalue weighted by Crippen LogP contribution is 2.33. The number of hydrogen-bond acceptors (Lipinski definition) is 8. The van der Waals surface area contributed by atoms with Crippen LogP contribution in [0.15, 0.2) is 77.7 Å². The SMILES string of the molecule is Cc1cccc(C)c1-c1cc(OC2CN(C(=O)OC(C)(C)C)CCc3ccccc32)nc(NS(=O)(=O)c2cccc(C(=O)O)c2)n1. The largest absolute Gasteiger partial charge is 0.478 e. The van der Waals surface area contributed by atoms with Gasteiger partial charge in [-0.25, -0.2) is 27.7 Å². The van der Waals surface area contributed by atoms with Crippen LogP contribution in [0.2, 0.25) is 0 Å². The third-order valence-corrected chi connectivity index (χ3v) is 8.74. The van der Waals surface area contributed by atoms with Crippen LogP contribution >= 0.6 is 0 Å². The zero-order valence-electron chi connectivity index (χ0n) is 26.3. The number of fused-ring (bicyclic) bond motifs is 1. The maximum Gasteiger partial charge on any atom is 0.410 e. The first-order chi connectivity index (χ1) is 21.7. The standard InChI is InChI=1S/C34H36N4O7S/c1-21-10-8-11-22(2)30(21)27-19-29(36-32(35-27)37-46(42,43)25-14-9-13-24(18-25)31(39)40)44-28-20-38(33(41)45-34(3,4)5)17-16-23-12-6-7-15-26(23)28/h6-15,18-19,28H,16-17,20H2,1-5H3,(H,39,40)(H,35,36,37). The normalized spacial score (nSPS) is 15.0. The van der Waals surface area contributed by atoms with Crippen molar-refractivity contribution in [1.82, 2.24) is 14.9 Å². The van der Waals surface area contributed by atoms with Crippen molar-refractivity contribution in [3.8, 4) is 17.1 Å². The smallest absolute Gasteiger partial charge is 0.410 e. The van der Waals surface area contributed by atoms with Crippen LogP contribution in [0, 0.1) is 13.8 Å². The Kier molecular flexibility index (Phi) is 9.02. The van der Waals surface area contributed by atoms with Gasteiger partial charge in [-0.3, -0.25) is 0 Å². The summed E-state index contributed by atoms with van der Waals surface area (Å²) in [5, 5.41) is 9.38. The van der Waals surface area contributed by atoms with Gasteiger partial charge in [0.25, 0.3) is 10.0 Å².